The van der Waals surface area contributed by atoms with E-state index in [0.717, 1.165) is 42.9 Å². The number of piperazine rings is 1. The second kappa shape index (κ2) is 8.78. The standard InChI is InChI=1S/C23H29N3O4S/c1-3-31(28,29)26-12-6-7-18-17-19(10-11-20(18)26)23(27)25-15-13-24(14-16-25)21-8-4-5-9-22(21)30-2/h4-5,8-11,17H,3,6-7,12-16H2,1-2H3. The maximum atomic E-state index is 13.1. The molecule has 2 aliphatic rings. The summed E-state index contributed by atoms with van der Waals surface area (Å²) in [5, 5.41) is 0. The fraction of sp³-hybridized carbons (Fsp3) is 0.435. The number of rotatable bonds is 5. The first-order valence-electron chi connectivity index (χ1n) is 10.7. The number of nitrogens with zero attached hydrogens (tertiary/aromatic N) is 3. The van der Waals surface area contributed by atoms with Crippen LogP contribution in [-0.2, 0) is 16.4 Å². The van der Waals surface area contributed by atoms with Gasteiger partial charge in [0.2, 0.25) is 10.0 Å². The van der Waals surface area contributed by atoms with Gasteiger partial charge in [-0.05, 0) is 55.7 Å². The first-order chi connectivity index (χ1) is 14.9. The Balaban J connectivity index is 1.47. The summed E-state index contributed by atoms with van der Waals surface area (Å²) < 4.78 is 31.8. The van der Waals surface area contributed by atoms with E-state index >= 15 is 0 Å². The molecule has 0 unspecified atom stereocenters. The number of carbonyl (C=O) groups excluding carboxylic acids is 1. The van der Waals surface area contributed by atoms with E-state index in [1.165, 1.54) is 4.31 Å². The lowest BCUT2D eigenvalue weighted by Crippen LogP contribution is -2.49. The summed E-state index contributed by atoms with van der Waals surface area (Å²) in [4.78, 5) is 17.2. The number of ether oxygens (including phenoxy) is 1. The highest BCUT2D eigenvalue weighted by Gasteiger charge is 2.28. The maximum absolute atomic E-state index is 13.1. The molecule has 1 amide bonds. The Morgan fingerprint density at radius 2 is 1.74 bits per heavy atom. The zero-order valence-electron chi connectivity index (χ0n) is 18.1. The molecule has 0 N–H and O–H groups in total. The summed E-state index contributed by atoms with van der Waals surface area (Å²) in [5.41, 5.74) is 3.32. The number of hydrogen-bond donors (Lipinski definition) is 0. The SMILES string of the molecule is CCS(=O)(=O)N1CCCc2cc(C(=O)N3CCN(c4ccccc4OC)CC3)ccc21. The number of para-hydroxylation sites is 2. The molecule has 2 aliphatic heterocycles. The fourth-order valence-electron chi connectivity index (χ4n) is 4.36. The van der Waals surface area contributed by atoms with E-state index in [4.69, 9.17) is 4.74 Å². The highest BCUT2D eigenvalue weighted by atomic mass is 32.2. The lowest BCUT2D eigenvalue weighted by Gasteiger charge is -2.37. The van der Waals surface area contributed by atoms with Gasteiger partial charge in [-0.1, -0.05) is 12.1 Å². The Bertz CT molecular complexity index is 1060. The van der Waals surface area contributed by atoms with Crippen LogP contribution in [0.1, 0.15) is 29.3 Å². The molecule has 0 atom stereocenters. The van der Waals surface area contributed by atoms with Gasteiger partial charge in [0, 0.05) is 38.3 Å². The van der Waals surface area contributed by atoms with Gasteiger partial charge in [-0.3, -0.25) is 9.10 Å². The van der Waals surface area contributed by atoms with E-state index in [1.54, 1.807) is 26.2 Å². The van der Waals surface area contributed by atoms with E-state index in [-0.39, 0.29) is 11.7 Å². The lowest BCUT2D eigenvalue weighted by molar-refractivity contribution is 0.0746. The number of amides is 1. The monoisotopic (exact) mass is 443 g/mol. The molecule has 8 heteroatoms. The van der Waals surface area contributed by atoms with Crippen molar-refractivity contribution in [3.05, 3.63) is 53.6 Å². The summed E-state index contributed by atoms with van der Waals surface area (Å²) in [6.45, 7) is 4.89. The maximum Gasteiger partial charge on any atom is 0.253 e. The Kier molecular flexibility index (Phi) is 6.09. The Morgan fingerprint density at radius 1 is 1.00 bits per heavy atom. The van der Waals surface area contributed by atoms with Crippen LogP contribution in [0.25, 0.3) is 0 Å². The van der Waals surface area contributed by atoms with Crippen molar-refractivity contribution in [3.63, 3.8) is 0 Å². The van der Waals surface area contributed by atoms with Gasteiger partial charge in [0.15, 0.2) is 0 Å². The predicted octanol–water partition coefficient (Wildman–Crippen LogP) is 2.76. The van der Waals surface area contributed by atoms with Crippen molar-refractivity contribution in [1.29, 1.82) is 0 Å². The first-order valence-corrected chi connectivity index (χ1v) is 12.4. The average Bonchev–Trinajstić information content (AvgIpc) is 2.82. The van der Waals surface area contributed by atoms with Gasteiger partial charge >= 0.3 is 0 Å². The molecule has 2 heterocycles. The minimum absolute atomic E-state index is 0.00190. The molecule has 0 bridgehead atoms. The minimum Gasteiger partial charge on any atom is -0.495 e. The second-order valence-corrected chi connectivity index (χ2v) is 10.1. The molecule has 0 aliphatic carbocycles. The summed E-state index contributed by atoms with van der Waals surface area (Å²) in [7, 11) is -1.64. The molecule has 2 aromatic carbocycles. The van der Waals surface area contributed by atoms with Crippen LogP contribution >= 0.6 is 0 Å². The van der Waals surface area contributed by atoms with Gasteiger partial charge in [0.05, 0.1) is 24.2 Å². The van der Waals surface area contributed by atoms with E-state index in [1.807, 2.05) is 35.2 Å². The van der Waals surface area contributed by atoms with E-state index in [0.29, 0.717) is 30.9 Å². The highest BCUT2D eigenvalue weighted by Crippen LogP contribution is 2.31. The van der Waals surface area contributed by atoms with Crippen LogP contribution in [-0.4, -0.2) is 64.8 Å². The predicted molar refractivity (Wildman–Crippen MR) is 123 cm³/mol. The van der Waals surface area contributed by atoms with Gasteiger partial charge in [-0.15, -0.1) is 0 Å². The van der Waals surface area contributed by atoms with Crippen LogP contribution in [0, 0.1) is 0 Å². The molecule has 2 aromatic rings. The Hall–Kier alpha value is -2.74. The lowest BCUT2D eigenvalue weighted by atomic mass is 10.00. The van der Waals surface area contributed by atoms with Crippen LogP contribution in [0.5, 0.6) is 5.75 Å². The van der Waals surface area contributed by atoms with Crippen molar-refractivity contribution >= 4 is 27.3 Å². The number of methoxy groups -OCH3 is 1. The van der Waals surface area contributed by atoms with Crippen LogP contribution in [0.15, 0.2) is 42.5 Å². The zero-order chi connectivity index (χ0) is 22.0. The molecular weight excluding hydrogens is 414 g/mol. The van der Waals surface area contributed by atoms with Crippen LogP contribution < -0.4 is 13.9 Å². The number of anilines is 2. The quantitative estimate of drug-likeness (QED) is 0.711. The van der Waals surface area contributed by atoms with Crippen molar-refractivity contribution in [2.45, 2.75) is 19.8 Å². The van der Waals surface area contributed by atoms with Crippen LogP contribution in [0.3, 0.4) is 0 Å². The summed E-state index contributed by atoms with van der Waals surface area (Å²) in [6.07, 6.45) is 1.55. The van der Waals surface area contributed by atoms with E-state index < -0.39 is 10.0 Å². The molecule has 0 saturated carbocycles. The van der Waals surface area contributed by atoms with Crippen molar-refractivity contribution in [2.24, 2.45) is 0 Å². The summed E-state index contributed by atoms with van der Waals surface area (Å²) >= 11 is 0. The number of fused-ring (bicyclic) bond motifs is 1. The largest absolute Gasteiger partial charge is 0.495 e. The number of hydrogen-bond acceptors (Lipinski definition) is 5. The minimum atomic E-state index is -3.30. The van der Waals surface area contributed by atoms with Crippen molar-refractivity contribution in [3.8, 4) is 5.75 Å². The van der Waals surface area contributed by atoms with E-state index in [2.05, 4.69) is 4.90 Å². The van der Waals surface area contributed by atoms with Crippen molar-refractivity contribution < 1.29 is 17.9 Å². The van der Waals surface area contributed by atoms with Gasteiger partial charge < -0.3 is 14.5 Å². The molecule has 4 rings (SSSR count). The summed E-state index contributed by atoms with van der Waals surface area (Å²) in [5.74, 6) is 0.908. The van der Waals surface area contributed by atoms with Gasteiger partial charge in [0.25, 0.3) is 5.91 Å². The number of sulfonamides is 1. The smallest absolute Gasteiger partial charge is 0.253 e. The highest BCUT2D eigenvalue weighted by molar-refractivity contribution is 7.92. The van der Waals surface area contributed by atoms with E-state index in [9.17, 15) is 13.2 Å². The summed E-state index contributed by atoms with van der Waals surface area (Å²) in [6, 6.07) is 13.4. The van der Waals surface area contributed by atoms with Gasteiger partial charge in [-0.25, -0.2) is 8.42 Å². The normalized spacial score (nSPS) is 16.8. The van der Waals surface area contributed by atoms with Crippen LogP contribution in [0.4, 0.5) is 11.4 Å². The number of aryl methyl sites for hydroxylation is 1. The zero-order valence-corrected chi connectivity index (χ0v) is 18.9. The molecule has 0 radical (unpaired) electrons. The third-order valence-electron chi connectivity index (χ3n) is 6.10. The fourth-order valence-corrected chi connectivity index (χ4v) is 5.56. The molecule has 1 saturated heterocycles. The van der Waals surface area contributed by atoms with Crippen molar-refractivity contribution in [1.82, 2.24) is 4.90 Å². The first kappa shape index (κ1) is 21.5. The molecule has 0 spiro atoms. The topological polar surface area (TPSA) is 70.2 Å². The molecular formula is C23H29N3O4S. The van der Waals surface area contributed by atoms with Crippen LogP contribution in [0.2, 0.25) is 0 Å². The average molecular weight is 444 g/mol. The molecule has 31 heavy (non-hydrogen) atoms. The molecule has 0 aromatic heterocycles. The number of benzene rings is 2. The van der Waals surface area contributed by atoms with Gasteiger partial charge in [0.1, 0.15) is 5.75 Å². The molecule has 1 fully saturated rings. The molecule has 7 nitrogen and oxygen atoms in total. The Labute approximate surface area is 184 Å². The second-order valence-electron chi connectivity index (χ2n) is 7.87. The third kappa shape index (κ3) is 4.21. The third-order valence-corrected chi connectivity index (χ3v) is 7.88. The molecule has 166 valence electrons. The van der Waals surface area contributed by atoms with Gasteiger partial charge in [-0.2, -0.15) is 0 Å². The van der Waals surface area contributed by atoms with Crippen molar-refractivity contribution in [2.75, 3.05) is 54.8 Å². The number of carbonyl (C=O) groups is 1. The Morgan fingerprint density at radius 3 is 2.45 bits per heavy atom.